The number of benzene rings is 3. The molecule has 0 spiro atoms. The zero-order valence-electron chi connectivity index (χ0n) is 22.3. The quantitative estimate of drug-likeness (QED) is 0.198. The number of hydrogen-bond acceptors (Lipinski definition) is 4. The Morgan fingerprint density at radius 3 is 2.69 bits per heavy atom. The largest absolute Gasteiger partial charge is 0.342 e. The van der Waals surface area contributed by atoms with Crippen LogP contribution in [0.5, 0.6) is 0 Å². The third-order valence-electron chi connectivity index (χ3n) is 8.15. The highest BCUT2D eigenvalue weighted by atomic mass is 35.5. The van der Waals surface area contributed by atoms with Gasteiger partial charge in [0.25, 0.3) is 5.56 Å². The van der Waals surface area contributed by atoms with Crippen LogP contribution in [0.4, 0.5) is 0 Å². The fraction of sp³-hybridized carbons (Fsp3) is 0.118. The molecule has 2 aliphatic rings. The van der Waals surface area contributed by atoms with Gasteiger partial charge in [0.15, 0.2) is 4.80 Å². The minimum atomic E-state index is -0.139. The van der Waals surface area contributed by atoms with Gasteiger partial charge in [-0.15, -0.1) is 11.3 Å². The van der Waals surface area contributed by atoms with E-state index in [1.165, 1.54) is 32.9 Å². The molecule has 42 heavy (non-hydrogen) atoms. The number of fused-ring (bicyclic) bond motifs is 4. The second-order valence-electron chi connectivity index (χ2n) is 10.6. The van der Waals surface area contributed by atoms with Gasteiger partial charge in [0.2, 0.25) is 0 Å². The zero-order chi connectivity index (χ0) is 28.4. The average molecular weight is 625 g/mol. The van der Waals surface area contributed by atoms with E-state index in [0.29, 0.717) is 21.1 Å². The topological polar surface area (TPSA) is 39.3 Å². The predicted octanol–water partition coefficient (Wildman–Crippen LogP) is 7.69. The van der Waals surface area contributed by atoms with E-state index in [1.807, 2.05) is 34.9 Å². The predicted molar refractivity (Wildman–Crippen MR) is 175 cm³/mol. The van der Waals surface area contributed by atoms with Gasteiger partial charge in [-0.05, 0) is 65.3 Å². The van der Waals surface area contributed by atoms with Crippen molar-refractivity contribution >= 4 is 68.6 Å². The lowest BCUT2D eigenvalue weighted by molar-refractivity contribution is 0.593. The molecule has 3 aromatic heterocycles. The molecular formula is C34H23Cl2N3OS2. The fourth-order valence-electron chi connectivity index (χ4n) is 6.21. The van der Waals surface area contributed by atoms with Crippen LogP contribution in [-0.4, -0.2) is 9.13 Å². The molecule has 0 unspecified atom stereocenters. The third-order valence-corrected chi connectivity index (χ3v) is 10.6. The molecule has 8 heteroatoms. The Hall–Kier alpha value is -3.68. The van der Waals surface area contributed by atoms with Crippen molar-refractivity contribution in [1.29, 1.82) is 0 Å². The van der Waals surface area contributed by atoms with E-state index < -0.39 is 0 Å². The van der Waals surface area contributed by atoms with Crippen molar-refractivity contribution in [1.82, 2.24) is 9.13 Å². The highest BCUT2D eigenvalue weighted by molar-refractivity contribution is 7.10. The van der Waals surface area contributed by atoms with Crippen LogP contribution < -0.4 is 14.9 Å². The lowest BCUT2D eigenvalue weighted by Crippen LogP contribution is -2.38. The van der Waals surface area contributed by atoms with Crippen molar-refractivity contribution in [3.05, 3.63) is 153 Å². The first-order valence-electron chi connectivity index (χ1n) is 13.7. The second-order valence-corrected chi connectivity index (χ2v) is 13.4. The summed E-state index contributed by atoms with van der Waals surface area (Å²) in [6.07, 6.45) is 5.97. The molecule has 4 heterocycles. The smallest absolute Gasteiger partial charge is 0.271 e. The minimum absolute atomic E-state index is 0.000125. The zero-order valence-corrected chi connectivity index (χ0v) is 25.4. The first-order chi connectivity index (χ1) is 20.5. The van der Waals surface area contributed by atoms with Gasteiger partial charge in [0, 0.05) is 49.7 Å². The van der Waals surface area contributed by atoms with E-state index in [2.05, 4.69) is 64.7 Å². The van der Waals surface area contributed by atoms with Crippen LogP contribution in [-0.2, 0) is 13.0 Å². The van der Waals surface area contributed by atoms with E-state index >= 15 is 0 Å². The molecule has 0 saturated carbocycles. The number of para-hydroxylation sites is 1. The first-order valence-corrected chi connectivity index (χ1v) is 16.2. The van der Waals surface area contributed by atoms with Crippen molar-refractivity contribution in [2.75, 3.05) is 0 Å². The maximum absolute atomic E-state index is 14.2. The Labute approximate surface area is 259 Å². The number of halogens is 2. The van der Waals surface area contributed by atoms with Gasteiger partial charge in [-0.3, -0.25) is 9.36 Å². The lowest BCUT2D eigenvalue weighted by Gasteiger charge is -2.30. The Kier molecular flexibility index (Phi) is 6.34. The summed E-state index contributed by atoms with van der Waals surface area (Å²) in [7, 11) is 0. The molecule has 1 aliphatic heterocycles. The SMILES string of the molecule is O=c1/c(=C\c2cn(Cc3ccc(Cl)cc3Cl)c3ccccc23)sc2n1[C@@H](c1cccs1)C1=C(N=2)c2ccccc2CC1. The Morgan fingerprint density at radius 1 is 0.976 bits per heavy atom. The number of aromatic nitrogens is 2. The lowest BCUT2D eigenvalue weighted by atomic mass is 9.85. The minimum Gasteiger partial charge on any atom is -0.342 e. The number of thiazole rings is 1. The number of rotatable bonds is 4. The highest BCUT2D eigenvalue weighted by Gasteiger charge is 2.33. The van der Waals surface area contributed by atoms with Crippen LogP contribution in [0.25, 0.3) is 22.7 Å². The maximum atomic E-state index is 14.2. The van der Waals surface area contributed by atoms with Gasteiger partial charge in [-0.1, -0.05) is 89.1 Å². The van der Waals surface area contributed by atoms with Gasteiger partial charge in [0.05, 0.1) is 16.3 Å². The molecule has 1 atom stereocenters. The third kappa shape index (κ3) is 4.24. The normalized spacial score (nSPS) is 16.3. The second kappa shape index (κ2) is 10.2. The van der Waals surface area contributed by atoms with Gasteiger partial charge in [-0.25, -0.2) is 4.99 Å². The van der Waals surface area contributed by atoms with Crippen LogP contribution in [0, 0.1) is 0 Å². The number of hydrogen-bond donors (Lipinski definition) is 0. The molecule has 0 saturated heterocycles. The Bertz CT molecular complexity index is 2240. The molecule has 6 aromatic rings. The van der Waals surface area contributed by atoms with Crippen LogP contribution in [0.2, 0.25) is 10.0 Å². The van der Waals surface area contributed by atoms with E-state index in [1.54, 1.807) is 17.4 Å². The van der Waals surface area contributed by atoms with Crippen LogP contribution in [0.3, 0.4) is 0 Å². The standard InChI is InChI=1S/C34H23Cl2N3OS2/c35-23-13-11-21(27(36)17-23)18-38-19-22(24-7-3-4-9-28(24)38)16-30-33(40)39-32(29-10-5-15-41-29)26-14-12-20-6-1-2-8-25(20)31(26)37-34(39)42-30/h1-11,13,15-17,19,32H,12,14,18H2/b30-16+/t32-/m1/s1. The number of allylic oxidation sites excluding steroid dienone is 1. The van der Waals surface area contributed by atoms with E-state index in [4.69, 9.17) is 28.2 Å². The molecule has 4 nitrogen and oxygen atoms in total. The summed E-state index contributed by atoms with van der Waals surface area (Å²) >= 11 is 15.8. The molecule has 0 bridgehead atoms. The van der Waals surface area contributed by atoms with Gasteiger partial charge in [0.1, 0.15) is 0 Å². The van der Waals surface area contributed by atoms with E-state index in [9.17, 15) is 4.79 Å². The highest BCUT2D eigenvalue weighted by Crippen LogP contribution is 2.42. The van der Waals surface area contributed by atoms with Crippen molar-refractivity contribution in [3.8, 4) is 0 Å². The molecule has 206 valence electrons. The van der Waals surface area contributed by atoms with Gasteiger partial charge in [-0.2, -0.15) is 0 Å². The number of nitrogens with zero attached hydrogens (tertiary/aromatic N) is 3. The molecule has 8 rings (SSSR count). The van der Waals surface area contributed by atoms with Crippen molar-refractivity contribution in [2.45, 2.75) is 25.4 Å². The summed E-state index contributed by atoms with van der Waals surface area (Å²) in [6, 6.07) is 26.4. The summed E-state index contributed by atoms with van der Waals surface area (Å²) in [6.45, 7) is 0.593. The summed E-state index contributed by atoms with van der Waals surface area (Å²) in [5, 5.41) is 4.41. The summed E-state index contributed by atoms with van der Waals surface area (Å²) in [5.74, 6) is 0. The van der Waals surface area contributed by atoms with Gasteiger partial charge < -0.3 is 4.57 Å². The van der Waals surface area contributed by atoms with E-state index in [-0.39, 0.29) is 11.6 Å². The van der Waals surface area contributed by atoms with Crippen molar-refractivity contribution < 1.29 is 0 Å². The Morgan fingerprint density at radius 2 is 1.83 bits per heavy atom. The number of aryl methyl sites for hydroxylation is 1. The van der Waals surface area contributed by atoms with Crippen molar-refractivity contribution in [2.24, 2.45) is 4.99 Å². The molecule has 0 N–H and O–H groups in total. The fourth-order valence-corrected chi connectivity index (χ4v) is 8.52. The summed E-state index contributed by atoms with van der Waals surface area (Å²) in [4.78, 5) is 21.2. The molecule has 0 fully saturated rings. The van der Waals surface area contributed by atoms with Crippen LogP contribution in [0.1, 0.15) is 39.6 Å². The van der Waals surface area contributed by atoms with Gasteiger partial charge >= 0.3 is 0 Å². The Balaban J connectivity index is 1.30. The molecule has 3 aromatic carbocycles. The molecule has 1 aliphatic carbocycles. The summed E-state index contributed by atoms with van der Waals surface area (Å²) in [5.41, 5.74) is 7.80. The molecular weight excluding hydrogens is 601 g/mol. The maximum Gasteiger partial charge on any atom is 0.271 e. The summed E-state index contributed by atoms with van der Waals surface area (Å²) < 4.78 is 4.77. The number of thiophene rings is 1. The first kappa shape index (κ1) is 26.0. The van der Waals surface area contributed by atoms with Crippen LogP contribution in [0.15, 0.2) is 106 Å². The van der Waals surface area contributed by atoms with E-state index in [0.717, 1.165) is 45.4 Å². The van der Waals surface area contributed by atoms with Crippen molar-refractivity contribution in [3.63, 3.8) is 0 Å². The van der Waals surface area contributed by atoms with Crippen LogP contribution >= 0.6 is 45.9 Å². The monoisotopic (exact) mass is 623 g/mol. The average Bonchev–Trinajstić information content (AvgIpc) is 3.73. The molecule has 0 amide bonds. The molecule has 0 radical (unpaired) electrons.